The minimum Gasteiger partial charge on any atom is -0.349 e. The summed E-state index contributed by atoms with van der Waals surface area (Å²) in [7, 11) is -4.00. The normalized spacial score (nSPS) is 14.7. The van der Waals surface area contributed by atoms with Crippen LogP contribution in [0.15, 0.2) is 70.7 Å². The van der Waals surface area contributed by atoms with E-state index in [0.29, 0.717) is 29.0 Å². The molecule has 1 amide bonds. The van der Waals surface area contributed by atoms with Crippen LogP contribution in [0, 0.1) is 13.8 Å². The third kappa shape index (κ3) is 4.69. The molecule has 1 saturated heterocycles. The Bertz CT molecular complexity index is 1510. The number of nitrogens with one attached hydrogen (secondary N) is 2. The summed E-state index contributed by atoms with van der Waals surface area (Å²) in [6, 6.07) is 13.9. The van der Waals surface area contributed by atoms with Crippen LogP contribution in [-0.2, 0) is 16.4 Å². The van der Waals surface area contributed by atoms with Gasteiger partial charge in [-0.1, -0.05) is 23.7 Å². The fourth-order valence-corrected chi connectivity index (χ4v) is 6.54. The smallest absolute Gasteiger partial charge is 0.269 e. The highest BCUT2D eigenvalue weighted by molar-refractivity contribution is 7.91. The highest BCUT2D eigenvalue weighted by atomic mass is 35.5. The number of rotatable bonds is 6. The second-order valence-electron chi connectivity index (χ2n) is 9.07. The number of fused-ring (bicyclic) bond motifs is 1. The first-order chi connectivity index (χ1) is 16.7. The van der Waals surface area contributed by atoms with Crippen LogP contribution in [0.4, 0.5) is 0 Å². The van der Waals surface area contributed by atoms with E-state index in [2.05, 4.69) is 20.2 Å². The molecular weight excluding hydrogens is 484 g/mol. The molecule has 0 aliphatic carbocycles. The summed E-state index contributed by atoms with van der Waals surface area (Å²) in [4.78, 5) is 22.8. The van der Waals surface area contributed by atoms with E-state index in [1.807, 2.05) is 38.2 Å². The molecule has 0 spiro atoms. The molecule has 0 unspecified atom stereocenters. The maximum absolute atomic E-state index is 13.8. The van der Waals surface area contributed by atoms with Gasteiger partial charge in [0.1, 0.15) is 10.6 Å². The molecule has 7 nitrogen and oxygen atoms in total. The Labute approximate surface area is 209 Å². The lowest BCUT2D eigenvalue weighted by atomic mass is 10.1. The van der Waals surface area contributed by atoms with Gasteiger partial charge in [0.25, 0.3) is 5.91 Å². The average Bonchev–Trinajstić information content (AvgIpc) is 3.17. The molecule has 0 atom stereocenters. The van der Waals surface area contributed by atoms with E-state index in [-0.39, 0.29) is 21.5 Å². The Hall–Kier alpha value is -3.20. The van der Waals surface area contributed by atoms with Crippen molar-refractivity contribution in [2.75, 3.05) is 13.1 Å². The SMILES string of the molecule is Cc1cc(C)cc(S(=O)(=O)c2c(C(=O)NC3CN(Cc4cccnc4)C3)[nH]c3ccc(Cl)cc23)c1. The van der Waals surface area contributed by atoms with Crippen molar-refractivity contribution in [3.8, 4) is 0 Å². The molecule has 5 rings (SSSR count). The van der Waals surface area contributed by atoms with Crippen molar-refractivity contribution >= 4 is 38.2 Å². The molecule has 0 saturated carbocycles. The Balaban J connectivity index is 1.44. The number of amides is 1. The number of aromatic amines is 1. The van der Waals surface area contributed by atoms with E-state index in [1.54, 1.807) is 36.5 Å². The van der Waals surface area contributed by atoms with Crippen molar-refractivity contribution in [3.05, 3.63) is 88.3 Å². The molecule has 180 valence electrons. The Morgan fingerprint density at radius 3 is 2.57 bits per heavy atom. The molecule has 1 aliphatic rings. The number of hydrogen-bond donors (Lipinski definition) is 2. The van der Waals surface area contributed by atoms with Crippen molar-refractivity contribution in [1.82, 2.24) is 20.2 Å². The average molecular weight is 509 g/mol. The van der Waals surface area contributed by atoms with Crippen molar-refractivity contribution in [2.45, 2.75) is 36.2 Å². The fourth-order valence-electron chi connectivity index (χ4n) is 4.58. The number of sulfone groups is 1. The monoisotopic (exact) mass is 508 g/mol. The Kier molecular flexibility index (Phi) is 6.13. The van der Waals surface area contributed by atoms with E-state index in [4.69, 9.17) is 11.6 Å². The first-order valence-electron chi connectivity index (χ1n) is 11.3. The van der Waals surface area contributed by atoms with Crippen LogP contribution in [-0.4, -0.2) is 48.3 Å². The molecular formula is C26H25ClN4O3S. The third-order valence-electron chi connectivity index (χ3n) is 6.14. The Morgan fingerprint density at radius 1 is 1.14 bits per heavy atom. The number of nitrogens with zero attached hydrogens (tertiary/aromatic N) is 2. The maximum atomic E-state index is 13.8. The number of carbonyl (C=O) groups excluding carboxylic acids is 1. The number of likely N-dealkylation sites (tertiary alicyclic amines) is 1. The minimum atomic E-state index is -4.00. The van der Waals surface area contributed by atoms with Crippen molar-refractivity contribution < 1.29 is 13.2 Å². The van der Waals surface area contributed by atoms with Crippen LogP contribution in [0.5, 0.6) is 0 Å². The quantitative estimate of drug-likeness (QED) is 0.405. The summed E-state index contributed by atoms with van der Waals surface area (Å²) >= 11 is 6.21. The topological polar surface area (TPSA) is 95.2 Å². The van der Waals surface area contributed by atoms with Crippen molar-refractivity contribution in [3.63, 3.8) is 0 Å². The number of aromatic nitrogens is 2. The van der Waals surface area contributed by atoms with E-state index in [1.165, 1.54) is 0 Å². The predicted octanol–water partition coefficient (Wildman–Crippen LogP) is 4.28. The van der Waals surface area contributed by atoms with Gasteiger partial charge in [0.15, 0.2) is 0 Å². The zero-order chi connectivity index (χ0) is 24.7. The summed E-state index contributed by atoms with van der Waals surface area (Å²) < 4.78 is 27.6. The number of benzene rings is 2. The van der Waals surface area contributed by atoms with E-state index < -0.39 is 15.7 Å². The molecule has 9 heteroatoms. The maximum Gasteiger partial charge on any atom is 0.269 e. The van der Waals surface area contributed by atoms with Gasteiger partial charge in [-0.25, -0.2) is 8.42 Å². The number of pyridine rings is 1. The lowest BCUT2D eigenvalue weighted by Crippen LogP contribution is -2.58. The van der Waals surface area contributed by atoms with Gasteiger partial charge in [0.05, 0.1) is 10.9 Å². The van der Waals surface area contributed by atoms with Gasteiger partial charge in [-0.3, -0.25) is 14.7 Å². The fraction of sp³-hybridized carbons (Fsp3) is 0.231. The summed E-state index contributed by atoms with van der Waals surface area (Å²) in [6.07, 6.45) is 3.56. The van der Waals surface area contributed by atoms with Gasteiger partial charge in [0.2, 0.25) is 9.84 Å². The lowest BCUT2D eigenvalue weighted by Gasteiger charge is -2.39. The molecule has 2 N–H and O–H groups in total. The number of halogens is 1. The second kappa shape index (κ2) is 9.11. The first kappa shape index (κ1) is 23.5. The van der Waals surface area contributed by atoms with Gasteiger partial charge in [-0.2, -0.15) is 0 Å². The molecule has 4 aromatic rings. The second-order valence-corrected chi connectivity index (χ2v) is 11.4. The Morgan fingerprint density at radius 2 is 1.89 bits per heavy atom. The van der Waals surface area contributed by atoms with Gasteiger partial charge >= 0.3 is 0 Å². The minimum absolute atomic E-state index is 0.0205. The number of H-pyrrole nitrogens is 1. The first-order valence-corrected chi connectivity index (χ1v) is 13.1. The van der Waals surface area contributed by atoms with Crippen LogP contribution in [0.1, 0.15) is 27.2 Å². The largest absolute Gasteiger partial charge is 0.349 e. The van der Waals surface area contributed by atoms with Crippen LogP contribution in [0.25, 0.3) is 10.9 Å². The standard InChI is InChI=1S/C26H25ClN4O3S/c1-16-8-17(2)10-21(9-16)35(33,34)25-22-11-19(27)5-6-23(22)30-24(25)26(32)29-20-14-31(15-20)13-18-4-3-7-28-12-18/h3-12,20,30H,13-15H2,1-2H3,(H,29,32). The summed E-state index contributed by atoms with van der Waals surface area (Å²) in [5, 5.41) is 3.78. The molecule has 3 heterocycles. The molecule has 1 fully saturated rings. The highest BCUT2D eigenvalue weighted by Crippen LogP contribution is 2.34. The summed E-state index contributed by atoms with van der Waals surface area (Å²) in [6.45, 7) is 5.79. The van der Waals surface area contributed by atoms with E-state index >= 15 is 0 Å². The van der Waals surface area contributed by atoms with Crippen LogP contribution in [0.3, 0.4) is 0 Å². The molecule has 2 aromatic heterocycles. The van der Waals surface area contributed by atoms with Crippen LogP contribution >= 0.6 is 11.6 Å². The molecule has 35 heavy (non-hydrogen) atoms. The summed E-state index contributed by atoms with van der Waals surface area (Å²) in [5.41, 5.74) is 3.32. The van der Waals surface area contributed by atoms with E-state index in [9.17, 15) is 13.2 Å². The zero-order valence-corrected chi connectivity index (χ0v) is 20.9. The third-order valence-corrected chi connectivity index (χ3v) is 8.19. The van der Waals surface area contributed by atoms with Gasteiger partial charge in [-0.05, 0) is 66.9 Å². The predicted molar refractivity (Wildman–Crippen MR) is 135 cm³/mol. The van der Waals surface area contributed by atoms with Gasteiger partial charge < -0.3 is 10.3 Å². The lowest BCUT2D eigenvalue weighted by molar-refractivity contribution is 0.0788. The van der Waals surface area contributed by atoms with Gasteiger partial charge in [0, 0.05) is 48.0 Å². The molecule has 0 bridgehead atoms. The van der Waals surface area contributed by atoms with Crippen LogP contribution in [0.2, 0.25) is 5.02 Å². The highest BCUT2D eigenvalue weighted by Gasteiger charge is 2.33. The summed E-state index contributed by atoms with van der Waals surface area (Å²) in [5.74, 6) is -0.452. The molecule has 1 aliphatic heterocycles. The van der Waals surface area contributed by atoms with Gasteiger partial charge in [-0.15, -0.1) is 0 Å². The number of aryl methyl sites for hydroxylation is 2. The molecule has 0 radical (unpaired) electrons. The van der Waals surface area contributed by atoms with Crippen molar-refractivity contribution in [2.24, 2.45) is 0 Å². The van der Waals surface area contributed by atoms with E-state index in [0.717, 1.165) is 23.2 Å². The van der Waals surface area contributed by atoms with Crippen LogP contribution < -0.4 is 5.32 Å². The zero-order valence-electron chi connectivity index (χ0n) is 19.4. The number of hydrogen-bond acceptors (Lipinski definition) is 5. The number of carbonyl (C=O) groups is 1. The van der Waals surface area contributed by atoms with Crippen molar-refractivity contribution in [1.29, 1.82) is 0 Å². The molecule has 2 aromatic carbocycles.